The Hall–Kier alpha value is -5.19. The molecule has 1 saturated heterocycles. The summed E-state index contributed by atoms with van der Waals surface area (Å²) < 4.78 is 37.5. The second kappa shape index (κ2) is 18.6. The van der Waals surface area contributed by atoms with E-state index in [1.165, 1.54) is 30.8 Å². The van der Waals surface area contributed by atoms with Crippen LogP contribution in [0.15, 0.2) is 102 Å². The highest BCUT2D eigenvalue weighted by Gasteiger charge is 2.78. The van der Waals surface area contributed by atoms with Crippen LogP contribution >= 0.6 is 11.8 Å². The summed E-state index contributed by atoms with van der Waals surface area (Å²) in [5.74, 6) is -7.00. The van der Waals surface area contributed by atoms with Crippen molar-refractivity contribution in [1.82, 2.24) is 0 Å². The SMILES string of the molecule is CSCO[C@H]1C[C@H]2OC[C@@]2(OC(C)=O)C2C(OC(=O)c3ccccc3)C3(O)C[C@H](OC(=O)[C@H](O)[C@@H](CC(=O)c4ccccc4)c4ccccc4)C(C)=C([C@@H](OC(C)=O)C(=O)C21C)C3(C)C. The molecule has 2 saturated carbocycles. The molecular formula is C50H56O14S. The molecule has 65 heavy (non-hydrogen) atoms. The molecule has 3 aromatic carbocycles. The van der Waals surface area contributed by atoms with E-state index in [4.69, 9.17) is 28.4 Å². The van der Waals surface area contributed by atoms with Crippen molar-refractivity contribution in [3.8, 4) is 0 Å². The fraction of sp³-hybridized carbons (Fsp3) is 0.480. The smallest absolute Gasteiger partial charge is 0.338 e. The Bertz CT molecular complexity index is 2330. The number of carbonyl (C=O) groups is 6. The van der Waals surface area contributed by atoms with E-state index in [-0.39, 0.29) is 47.9 Å². The molecule has 7 rings (SSSR count). The highest BCUT2D eigenvalue weighted by atomic mass is 32.2. The average Bonchev–Trinajstić information content (AvgIpc) is 3.27. The number of ketones is 2. The fourth-order valence-electron chi connectivity index (χ4n) is 10.8. The number of rotatable bonds is 14. The number of carbonyl (C=O) groups excluding carboxylic acids is 6. The van der Waals surface area contributed by atoms with E-state index in [0.717, 1.165) is 6.92 Å². The van der Waals surface area contributed by atoms with Gasteiger partial charge >= 0.3 is 23.9 Å². The van der Waals surface area contributed by atoms with E-state index in [2.05, 4.69) is 0 Å². The number of fused-ring (bicyclic) bond motifs is 5. The lowest BCUT2D eigenvalue weighted by Crippen LogP contribution is -2.82. The first-order valence-corrected chi connectivity index (χ1v) is 23.1. The maximum atomic E-state index is 15.9. The predicted molar refractivity (Wildman–Crippen MR) is 236 cm³/mol. The lowest BCUT2D eigenvalue weighted by Gasteiger charge is -2.67. The molecule has 0 amide bonds. The predicted octanol–water partition coefficient (Wildman–Crippen LogP) is 5.97. The summed E-state index contributed by atoms with van der Waals surface area (Å²) in [6.07, 6.45) is -7.62. The summed E-state index contributed by atoms with van der Waals surface area (Å²) in [5.41, 5.74) is -6.17. The van der Waals surface area contributed by atoms with Gasteiger partial charge in [-0.3, -0.25) is 19.2 Å². The first kappa shape index (κ1) is 47.8. The minimum Gasteiger partial charge on any atom is -0.456 e. The van der Waals surface area contributed by atoms with Crippen LogP contribution in [0.4, 0.5) is 0 Å². The van der Waals surface area contributed by atoms with E-state index in [9.17, 15) is 34.2 Å². The van der Waals surface area contributed by atoms with Gasteiger partial charge in [0.05, 0.1) is 35.5 Å². The van der Waals surface area contributed by atoms with Gasteiger partial charge in [-0.1, -0.05) is 92.7 Å². The van der Waals surface area contributed by atoms with Crippen LogP contribution in [-0.4, -0.2) is 112 Å². The summed E-state index contributed by atoms with van der Waals surface area (Å²) in [5, 5.41) is 25.8. The fourth-order valence-corrected chi connectivity index (χ4v) is 11.1. The molecule has 3 aliphatic carbocycles. The van der Waals surface area contributed by atoms with Gasteiger partial charge in [0.15, 0.2) is 29.4 Å². The summed E-state index contributed by atoms with van der Waals surface area (Å²) in [6.45, 7) is 8.51. The van der Waals surface area contributed by atoms with Crippen molar-refractivity contribution in [2.24, 2.45) is 16.7 Å². The molecule has 2 bridgehead atoms. The number of aliphatic hydroxyl groups excluding tert-OH is 1. The van der Waals surface area contributed by atoms with Crippen LogP contribution in [0.2, 0.25) is 0 Å². The molecule has 11 atom stereocenters. The third-order valence-electron chi connectivity index (χ3n) is 14.1. The number of thioether (sulfide) groups is 1. The number of Topliss-reactive ketones (excluding diaryl/α,β-unsaturated/α-hetero) is 2. The van der Waals surface area contributed by atoms with E-state index in [1.54, 1.807) is 107 Å². The Kier molecular flexibility index (Phi) is 13.7. The normalized spacial score (nSPS) is 31.0. The molecule has 0 spiro atoms. The molecule has 0 aromatic heterocycles. The van der Waals surface area contributed by atoms with Gasteiger partial charge in [-0.05, 0) is 48.9 Å². The van der Waals surface area contributed by atoms with Gasteiger partial charge in [0.25, 0.3) is 0 Å². The van der Waals surface area contributed by atoms with Gasteiger partial charge in [0.2, 0.25) is 0 Å². The average molecular weight is 913 g/mol. The van der Waals surface area contributed by atoms with Crippen molar-refractivity contribution in [3.63, 3.8) is 0 Å². The van der Waals surface area contributed by atoms with Crippen molar-refractivity contribution in [2.75, 3.05) is 18.8 Å². The number of esters is 4. The van der Waals surface area contributed by atoms with E-state index in [1.807, 2.05) is 6.26 Å². The maximum Gasteiger partial charge on any atom is 0.338 e. The largest absolute Gasteiger partial charge is 0.456 e. The molecule has 1 heterocycles. The molecule has 346 valence electrons. The van der Waals surface area contributed by atoms with Crippen LogP contribution in [0.1, 0.15) is 93.0 Å². The topological polar surface area (TPSA) is 198 Å². The van der Waals surface area contributed by atoms with Gasteiger partial charge in [-0.25, -0.2) is 9.59 Å². The Morgan fingerprint density at radius 1 is 0.846 bits per heavy atom. The van der Waals surface area contributed by atoms with E-state index in [0.29, 0.717) is 11.1 Å². The lowest BCUT2D eigenvalue weighted by molar-refractivity contribution is -0.347. The number of hydrogen-bond donors (Lipinski definition) is 2. The van der Waals surface area contributed by atoms with Crippen LogP contribution in [0.5, 0.6) is 0 Å². The summed E-state index contributed by atoms with van der Waals surface area (Å²) in [7, 11) is 0. The zero-order chi connectivity index (χ0) is 47.1. The van der Waals surface area contributed by atoms with Crippen molar-refractivity contribution in [1.29, 1.82) is 0 Å². The third-order valence-corrected chi connectivity index (χ3v) is 14.5. The lowest BCUT2D eigenvalue weighted by atomic mass is 9.44. The zero-order valence-corrected chi connectivity index (χ0v) is 38.3. The van der Waals surface area contributed by atoms with Crippen LogP contribution in [-0.2, 0) is 47.6 Å². The summed E-state index contributed by atoms with van der Waals surface area (Å²) in [4.78, 5) is 84.8. The molecule has 14 nitrogen and oxygen atoms in total. The number of hydrogen-bond acceptors (Lipinski definition) is 15. The Labute approximate surface area is 382 Å². The second-order valence-electron chi connectivity index (χ2n) is 18.2. The van der Waals surface area contributed by atoms with Crippen molar-refractivity contribution < 1.29 is 67.4 Å². The Balaban J connectivity index is 1.41. The van der Waals surface area contributed by atoms with Gasteiger partial charge in [-0.2, -0.15) is 0 Å². The standard InChI is InChI=1S/C50H56O14S/c1-28-36(62-46(57)40(54)34(31-17-11-8-12-18-31)23-35(53)32-19-13-9-14-20-32)25-50(58)44(63-45(56)33-21-15-10-16-22-33)42-48(6,43(55)41(61-29(2)51)39(28)47(50,4)5)37(60-27-65-7)24-38-49(42,26-59-38)64-30(3)52/h8-22,34,36-38,40-42,44,54,58H,23-27H2,1-7H3/t34-,36-,37-,38+,40+,41+,42?,44?,48?,49-,50?/m0/s1. The first-order valence-electron chi connectivity index (χ1n) is 21.7. The summed E-state index contributed by atoms with van der Waals surface area (Å²) >= 11 is 1.34. The molecule has 4 aliphatic rings. The molecule has 3 fully saturated rings. The number of aliphatic hydroxyl groups is 2. The van der Waals surface area contributed by atoms with Crippen molar-refractivity contribution >= 4 is 47.2 Å². The Morgan fingerprint density at radius 2 is 1.45 bits per heavy atom. The number of benzene rings is 3. The Morgan fingerprint density at radius 3 is 2.00 bits per heavy atom. The quantitative estimate of drug-likeness (QED) is 0.0631. The molecule has 15 heteroatoms. The van der Waals surface area contributed by atoms with Gasteiger partial charge in [0.1, 0.15) is 23.9 Å². The zero-order valence-electron chi connectivity index (χ0n) is 37.5. The minimum absolute atomic E-state index is 0.0477. The van der Waals surface area contributed by atoms with Crippen molar-refractivity contribution in [2.45, 2.75) is 115 Å². The van der Waals surface area contributed by atoms with Crippen LogP contribution in [0.3, 0.4) is 0 Å². The molecular weight excluding hydrogens is 857 g/mol. The molecule has 0 radical (unpaired) electrons. The molecule has 2 N–H and O–H groups in total. The van der Waals surface area contributed by atoms with Crippen molar-refractivity contribution in [3.05, 3.63) is 119 Å². The maximum absolute atomic E-state index is 15.9. The van der Waals surface area contributed by atoms with Crippen LogP contribution in [0, 0.1) is 16.7 Å². The summed E-state index contributed by atoms with van der Waals surface area (Å²) in [6, 6.07) is 25.1. The van der Waals surface area contributed by atoms with Crippen LogP contribution in [0.25, 0.3) is 0 Å². The van der Waals surface area contributed by atoms with Crippen LogP contribution < -0.4 is 0 Å². The second-order valence-corrected chi connectivity index (χ2v) is 19.0. The van der Waals surface area contributed by atoms with E-state index < -0.39 is 107 Å². The van der Waals surface area contributed by atoms with Gasteiger partial charge < -0.3 is 38.6 Å². The van der Waals surface area contributed by atoms with E-state index >= 15 is 4.79 Å². The highest BCUT2D eigenvalue weighted by Crippen LogP contribution is 2.65. The molecule has 1 aliphatic heterocycles. The minimum atomic E-state index is -2.33. The first-order chi connectivity index (χ1) is 30.8. The molecule has 4 unspecified atom stereocenters. The highest BCUT2D eigenvalue weighted by molar-refractivity contribution is 7.98. The van der Waals surface area contributed by atoms with Gasteiger partial charge in [-0.15, -0.1) is 11.8 Å². The molecule has 3 aromatic rings. The number of ether oxygens (including phenoxy) is 6. The monoisotopic (exact) mass is 912 g/mol. The van der Waals surface area contributed by atoms with Gasteiger partial charge in [0, 0.05) is 50.0 Å². The third kappa shape index (κ3) is 8.46.